The normalized spacial score (nSPS) is 11.0. The number of carbonyl (C=O) groups excluding carboxylic acids is 1. The van der Waals surface area contributed by atoms with Crippen LogP contribution in [0.1, 0.15) is 21.5 Å². The molecule has 2 rings (SSSR count). The van der Waals surface area contributed by atoms with Gasteiger partial charge >= 0.3 is 18.4 Å². The van der Waals surface area contributed by atoms with E-state index in [1.165, 1.54) is 18.2 Å². The molecule has 0 aliphatic rings. The zero-order valence-electron chi connectivity index (χ0n) is 13.8. The Balaban J connectivity index is 2.11. The highest BCUT2D eigenvalue weighted by Crippen LogP contribution is 2.25. The lowest BCUT2D eigenvalue weighted by atomic mass is 10.0. The smallest absolute Gasteiger partial charge is 0.478 e. The number of hydrogen-bond acceptors (Lipinski definition) is 3. The fraction of sp³-hybridized carbons (Fsp3) is 0.176. The molecule has 6 nitrogen and oxygen atoms in total. The number of halogens is 3. The molecule has 0 aromatic heterocycles. The van der Waals surface area contributed by atoms with Gasteiger partial charge in [-0.3, -0.25) is 0 Å². The molecule has 0 bridgehead atoms. The summed E-state index contributed by atoms with van der Waals surface area (Å²) in [6, 6.07) is 6.94. The number of hydrogen-bond donors (Lipinski definition) is 3. The Labute approximate surface area is 146 Å². The molecule has 0 atom stereocenters. The number of urea groups is 1. The summed E-state index contributed by atoms with van der Waals surface area (Å²) in [6.07, 6.45) is -4.80. The average molecular weight is 368 g/mol. The molecule has 0 heterocycles. The number of aryl methyl sites for hydroxylation is 2. The molecule has 2 aromatic rings. The maximum atomic E-state index is 12.1. The lowest BCUT2D eigenvalue weighted by Crippen LogP contribution is -2.22. The number of alkyl halides is 3. The van der Waals surface area contributed by atoms with E-state index >= 15 is 0 Å². The second kappa shape index (κ2) is 7.34. The van der Waals surface area contributed by atoms with Crippen molar-refractivity contribution in [2.24, 2.45) is 0 Å². The molecule has 0 unspecified atom stereocenters. The van der Waals surface area contributed by atoms with E-state index in [1.807, 2.05) is 0 Å². The Kier molecular flexibility index (Phi) is 5.39. The van der Waals surface area contributed by atoms with E-state index in [-0.39, 0.29) is 16.9 Å². The lowest BCUT2D eigenvalue weighted by molar-refractivity contribution is -0.274. The number of aromatic carboxylic acids is 1. The summed E-state index contributed by atoms with van der Waals surface area (Å²) in [4.78, 5) is 23.4. The molecular weight excluding hydrogens is 353 g/mol. The van der Waals surface area contributed by atoms with Crippen LogP contribution in [-0.2, 0) is 0 Å². The first-order valence-corrected chi connectivity index (χ1v) is 7.33. The van der Waals surface area contributed by atoms with Crippen molar-refractivity contribution in [3.8, 4) is 5.75 Å². The third-order valence-corrected chi connectivity index (χ3v) is 3.29. The van der Waals surface area contributed by atoms with Gasteiger partial charge in [-0.05, 0) is 55.3 Å². The second-order valence-electron chi connectivity index (χ2n) is 5.46. The maximum absolute atomic E-state index is 12.1. The lowest BCUT2D eigenvalue weighted by Gasteiger charge is -2.14. The van der Waals surface area contributed by atoms with Gasteiger partial charge in [-0.1, -0.05) is 6.07 Å². The Bertz CT molecular complexity index is 833. The molecule has 0 aliphatic heterocycles. The van der Waals surface area contributed by atoms with Crippen molar-refractivity contribution in [1.82, 2.24) is 0 Å². The molecule has 138 valence electrons. The number of anilines is 2. The summed E-state index contributed by atoms with van der Waals surface area (Å²) in [5.74, 6) is -1.62. The summed E-state index contributed by atoms with van der Waals surface area (Å²) >= 11 is 0. The Hall–Kier alpha value is -3.23. The van der Waals surface area contributed by atoms with Gasteiger partial charge in [0, 0.05) is 5.69 Å². The van der Waals surface area contributed by atoms with E-state index in [9.17, 15) is 27.9 Å². The summed E-state index contributed by atoms with van der Waals surface area (Å²) < 4.78 is 40.1. The van der Waals surface area contributed by atoms with Gasteiger partial charge in [-0.15, -0.1) is 13.2 Å². The van der Waals surface area contributed by atoms with Gasteiger partial charge in [-0.2, -0.15) is 0 Å². The van der Waals surface area contributed by atoms with E-state index in [0.717, 1.165) is 17.7 Å². The van der Waals surface area contributed by atoms with Crippen LogP contribution >= 0.6 is 0 Å². The second-order valence-corrected chi connectivity index (χ2v) is 5.46. The molecule has 0 aliphatic carbocycles. The zero-order chi connectivity index (χ0) is 19.5. The van der Waals surface area contributed by atoms with Crippen molar-refractivity contribution >= 4 is 23.4 Å². The van der Waals surface area contributed by atoms with E-state index in [2.05, 4.69) is 15.4 Å². The van der Waals surface area contributed by atoms with Crippen molar-refractivity contribution in [3.63, 3.8) is 0 Å². The van der Waals surface area contributed by atoms with E-state index in [1.54, 1.807) is 19.9 Å². The van der Waals surface area contributed by atoms with E-state index < -0.39 is 24.1 Å². The number of rotatable bonds is 4. The van der Waals surface area contributed by atoms with Crippen molar-refractivity contribution in [2.45, 2.75) is 20.2 Å². The summed E-state index contributed by atoms with van der Waals surface area (Å²) in [7, 11) is 0. The van der Waals surface area contributed by atoms with Crippen LogP contribution in [0.25, 0.3) is 0 Å². The first-order chi connectivity index (χ1) is 12.0. The largest absolute Gasteiger partial charge is 0.573 e. The Morgan fingerprint density at radius 1 is 1.04 bits per heavy atom. The van der Waals surface area contributed by atoms with Crippen molar-refractivity contribution in [3.05, 3.63) is 53.1 Å². The predicted molar refractivity (Wildman–Crippen MR) is 88.6 cm³/mol. The Morgan fingerprint density at radius 3 is 2.19 bits per heavy atom. The zero-order valence-corrected chi connectivity index (χ0v) is 13.8. The van der Waals surface area contributed by atoms with E-state index in [0.29, 0.717) is 5.56 Å². The van der Waals surface area contributed by atoms with Crippen LogP contribution in [0, 0.1) is 13.8 Å². The molecule has 0 spiro atoms. The van der Waals surface area contributed by atoms with E-state index in [4.69, 9.17) is 0 Å². The number of carbonyl (C=O) groups is 2. The molecule has 2 aromatic carbocycles. The third-order valence-electron chi connectivity index (χ3n) is 3.29. The third kappa shape index (κ3) is 5.13. The van der Waals surface area contributed by atoms with Gasteiger partial charge < -0.3 is 20.5 Å². The number of ether oxygens (including phenoxy) is 1. The van der Waals surface area contributed by atoms with Crippen molar-refractivity contribution < 1.29 is 32.6 Å². The van der Waals surface area contributed by atoms with Crippen LogP contribution in [-0.4, -0.2) is 23.5 Å². The van der Waals surface area contributed by atoms with Crippen LogP contribution in [0.5, 0.6) is 5.75 Å². The highest BCUT2D eigenvalue weighted by molar-refractivity contribution is 6.05. The van der Waals surface area contributed by atoms with Crippen LogP contribution < -0.4 is 15.4 Å². The summed E-state index contributed by atoms with van der Waals surface area (Å²) in [5, 5.41) is 14.1. The molecule has 0 saturated carbocycles. The van der Waals surface area contributed by atoms with Gasteiger partial charge in [0.25, 0.3) is 0 Å². The van der Waals surface area contributed by atoms with Crippen LogP contribution in [0.3, 0.4) is 0 Å². The molecule has 0 fully saturated rings. The highest BCUT2D eigenvalue weighted by atomic mass is 19.4. The highest BCUT2D eigenvalue weighted by Gasteiger charge is 2.31. The molecule has 3 N–H and O–H groups in total. The number of amides is 2. The van der Waals surface area contributed by atoms with Crippen molar-refractivity contribution in [1.29, 1.82) is 0 Å². The van der Waals surface area contributed by atoms with Gasteiger partial charge in [0.1, 0.15) is 5.75 Å². The summed E-state index contributed by atoms with van der Waals surface area (Å²) in [6.45, 7) is 3.38. The molecule has 0 radical (unpaired) electrons. The maximum Gasteiger partial charge on any atom is 0.573 e. The van der Waals surface area contributed by atoms with Crippen LogP contribution in [0.2, 0.25) is 0 Å². The molecule has 0 saturated heterocycles. The first-order valence-electron chi connectivity index (χ1n) is 7.33. The minimum absolute atomic E-state index is 0.0634. The van der Waals surface area contributed by atoms with Crippen molar-refractivity contribution in [2.75, 3.05) is 10.6 Å². The molecule has 26 heavy (non-hydrogen) atoms. The van der Waals surface area contributed by atoms with Gasteiger partial charge in [-0.25, -0.2) is 9.59 Å². The fourth-order valence-corrected chi connectivity index (χ4v) is 2.32. The van der Waals surface area contributed by atoms with Crippen LogP contribution in [0.15, 0.2) is 36.4 Å². The minimum atomic E-state index is -4.80. The number of benzene rings is 2. The van der Waals surface area contributed by atoms with Crippen LogP contribution in [0.4, 0.5) is 29.3 Å². The predicted octanol–water partition coefficient (Wildman–Crippen LogP) is 4.54. The standard InChI is InChI=1S/C17H15F3N2O4/c1-9-7-10(2)14(13(8-9)15(23)24)22-16(25)21-11-3-5-12(6-4-11)26-17(18,19)20/h3-8H,1-2H3,(H,23,24)(H2,21,22,25). The Morgan fingerprint density at radius 2 is 1.65 bits per heavy atom. The van der Waals surface area contributed by atoms with Gasteiger partial charge in [0.2, 0.25) is 0 Å². The molecular formula is C17H15F3N2O4. The fourth-order valence-electron chi connectivity index (χ4n) is 2.32. The topological polar surface area (TPSA) is 87.7 Å². The number of nitrogens with one attached hydrogen (secondary N) is 2. The monoisotopic (exact) mass is 368 g/mol. The average Bonchev–Trinajstić information content (AvgIpc) is 2.50. The number of carboxylic acids is 1. The molecule has 9 heteroatoms. The van der Waals surface area contributed by atoms with Gasteiger partial charge in [0.05, 0.1) is 11.3 Å². The first kappa shape index (κ1) is 19.1. The minimum Gasteiger partial charge on any atom is -0.478 e. The quantitative estimate of drug-likeness (QED) is 0.739. The van der Waals surface area contributed by atoms with Gasteiger partial charge in [0.15, 0.2) is 0 Å². The molecule has 2 amide bonds. The number of carboxylic acid groups (broad SMARTS) is 1. The SMILES string of the molecule is Cc1cc(C)c(NC(=O)Nc2ccc(OC(F)(F)F)cc2)c(C(=O)O)c1. The summed E-state index contributed by atoms with van der Waals surface area (Å²) in [5.41, 5.74) is 1.57.